The zero-order chi connectivity index (χ0) is 30.3. The van der Waals surface area contributed by atoms with Crippen molar-refractivity contribution in [3.05, 3.63) is 0 Å². The van der Waals surface area contributed by atoms with E-state index in [4.69, 9.17) is 5.73 Å². The number of nitrogens with zero attached hydrogens (tertiary/aromatic N) is 1. The minimum absolute atomic E-state index is 0.271. The largest absolute Gasteiger partial charge is 0.480 e. The highest BCUT2D eigenvalue weighted by molar-refractivity contribution is 5.84. The topological polar surface area (TPSA) is 83.6 Å². The molecule has 0 aliphatic heterocycles. The molecule has 1 unspecified atom stereocenters. The Hall–Kier alpha value is -1.10. The summed E-state index contributed by atoms with van der Waals surface area (Å²) >= 11 is 0. The van der Waals surface area contributed by atoms with E-state index in [-0.39, 0.29) is 5.91 Å². The van der Waals surface area contributed by atoms with Gasteiger partial charge in [0.1, 0.15) is 5.54 Å². The van der Waals surface area contributed by atoms with Crippen LogP contribution in [0, 0.1) is 11.3 Å². The number of carbonyl (C=O) groups excluding carboxylic acids is 1. The number of aliphatic carboxylic acids is 1. The number of hydrogen-bond acceptors (Lipinski definition) is 3. The van der Waals surface area contributed by atoms with Crippen LogP contribution >= 0.6 is 0 Å². The third-order valence-corrected chi connectivity index (χ3v) is 9.48. The van der Waals surface area contributed by atoms with Crippen molar-refractivity contribution in [2.75, 3.05) is 13.1 Å². The first-order valence-corrected chi connectivity index (χ1v) is 17.6. The highest BCUT2D eigenvalue weighted by Crippen LogP contribution is 2.55. The SMILES string of the molecule is CCCCCC(C(N)=O)C(CCCCC)(CCCCC)[C@@](CCCCC)(C(=O)O)N(CCCCC)CCCCC. The minimum atomic E-state index is -1.07. The molecule has 1 amide bonds. The Balaban J connectivity index is 7.43. The summed E-state index contributed by atoms with van der Waals surface area (Å²) in [6.45, 7) is 14.8. The molecule has 0 aromatic heterocycles. The van der Waals surface area contributed by atoms with Crippen molar-refractivity contribution >= 4 is 11.9 Å². The number of primary amides is 1. The van der Waals surface area contributed by atoms with Crippen molar-refractivity contribution in [3.8, 4) is 0 Å². The van der Waals surface area contributed by atoms with Crippen LogP contribution in [-0.2, 0) is 9.59 Å². The fourth-order valence-corrected chi connectivity index (χ4v) is 7.25. The van der Waals surface area contributed by atoms with Crippen molar-refractivity contribution in [3.63, 3.8) is 0 Å². The zero-order valence-corrected chi connectivity index (χ0v) is 27.8. The number of carbonyl (C=O) groups is 2. The maximum absolute atomic E-state index is 14.1. The predicted molar refractivity (Wildman–Crippen MR) is 173 cm³/mol. The van der Waals surface area contributed by atoms with Crippen molar-refractivity contribution < 1.29 is 14.7 Å². The number of unbranched alkanes of at least 4 members (excludes halogenated alkanes) is 12. The molecule has 0 aliphatic rings. The van der Waals surface area contributed by atoms with E-state index in [1.165, 1.54) is 0 Å². The molecular weight excluding hydrogens is 496 g/mol. The fraction of sp³-hybridized carbons (Fsp3) is 0.943. The number of carboxylic acids is 1. The summed E-state index contributed by atoms with van der Waals surface area (Å²) in [7, 11) is 0. The molecule has 3 N–H and O–H groups in total. The van der Waals surface area contributed by atoms with Gasteiger partial charge in [0.15, 0.2) is 0 Å². The van der Waals surface area contributed by atoms with Crippen LogP contribution in [0.3, 0.4) is 0 Å². The highest BCUT2D eigenvalue weighted by atomic mass is 16.4. The second-order valence-electron chi connectivity index (χ2n) is 12.5. The number of nitrogens with two attached hydrogens (primary N) is 1. The van der Waals surface area contributed by atoms with E-state index in [2.05, 4.69) is 46.4 Å². The number of rotatable bonds is 29. The lowest BCUT2D eigenvalue weighted by atomic mass is 9.53. The van der Waals surface area contributed by atoms with E-state index in [1.54, 1.807) is 0 Å². The van der Waals surface area contributed by atoms with Crippen LogP contribution in [0.2, 0.25) is 0 Å². The third kappa shape index (κ3) is 12.0. The van der Waals surface area contributed by atoms with Gasteiger partial charge in [0.2, 0.25) is 5.91 Å². The quantitative estimate of drug-likeness (QED) is 0.0882. The maximum Gasteiger partial charge on any atom is 0.324 e. The monoisotopic (exact) mass is 567 g/mol. The van der Waals surface area contributed by atoms with Crippen LogP contribution in [0.15, 0.2) is 0 Å². The van der Waals surface area contributed by atoms with Gasteiger partial charge in [0, 0.05) is 11.3 Å². The fourth-order valence-electron chi connectivity index (χ4n) is 7.25. The lowest BCUT2D eigenvalue weighted by molar-refractivity contribution is -0.176. The molecule has 0 rings (SSSR count). The van der Waals surface area contributed by atoms with Crippen molar-refractivity contribution in [2.45, 2.75) is 188 Å². The lowest BCUT2D eigenvalue weighted by Crippen LogP contribution is -2.69. The molecule has 0 aromatic carbocycles. The van der Waals surface area contributed by atoms with Gasteiger partial charge in [0.25, 0.3) is 0 Å². The van der Waals surface area contributed by atoms with Gasteiger partial charge < -0.3 is 10.8 Å². The average Bonchev–Trinajstić information content (AvgIpc) is 2.92. The summed E-state index contributed by atoms with van der Waals surface area (Å²) in [5.41, 5.74) is 4.63. The molecular formula is C35H70N2O3. The third-order valence-electron chi connectivity index (χ3n) is 9.48. The molecule has 0 heterocycles. The summed E-state index contributed by atoms with van der Waals surface area (Å²) in [5.74, 6) is -1.39. The Morgan fingerprint density at radius 2 is 0.975 bits per heavy atom. The van der Waals surface area contributed by atoms with Gasteiger partial charge in [-0.2, -0.15) is 0 Å². The Kier molecular flexibility index (Phi) is 22.8. The lowest BCUT2D eigenvalue weighted by Gasteiger charge is -2.57. The van der Waals surface area contributed by atoms with E-state index in [0.29, 0.717) is 12.8 Å². The van der Waals surface area contributed by atoms with Crippen LogP contribution < -0.4 is 5.73 Å². The van der Waals surface area contributed by atoms with Gasteiger partial charge in [-0.1, -0.05) is 144 Å². The van der Waals surface area contributed by atoms with Crippen LogP contribution in [0.25, 0.3) is 0 Å². The molecule has 5 nitrogen and oxygen atoms in total. The van der Waals surface area contributed by atoms with Gasteiger partial charge in [-0.3, -0.25) is 14.5 Å². The molecule has 0 radical (unpaired) electrons. The van der Waals surface area contributed by atoms with Crippen molar-refractivity contribution in [1.29, 1.82) is 0 Å². The average molecular weight is 567 g/mol. The standard InChI is InChI=1S/C35H70N2O3/c1-7-13-19-25-31(32(36)38)34(26-20-14-8-2,27-21-15-9-3)35(33(39)40,28-22-16-10-4)37(29-23-17-11-5)30-24-18-12-6/h31H,7-30H2,1-6H3,(H2,36,38)(H,39,40)/t31?,35-/m1/s1. The second kappa shape index (κ2) is 23.5. The smallest absolute Gasteiger partial charge is 0.324 e. The van der Waals surface area contributed by atoms with E-state index in [9.17, 15) is 14.7 Å². The van der Waals surface area contributed by atoms with Gasteiger partial charge >= 0.3 is 5.97 Å². The number of carboxylic acid groups (broad SMARTS) is 1. The maximum atomic E-state index is 14.1. The van der Waals surface area contributed by atoms with Gasteiger partial charge in [0.05, 0.1) is 0 Å². The normalized spacial score (nSPS) is 14.4. The molecule has 40 heavy (non-hydrogen) atoms. The Labute approximate surface area is 249 Å². The zero-order valence-electron chi connectivity index (χ0n) is 27.8. The van der Waals surface area contributed by atoms with Crippen molar-refractivity contribution in [2.24, 2.45) is 17.1 Å². The Morgan fingerprint density at radius 1 is 0.600 bits per heavy atom. The van der Waals surface area contributed by atoms with Crippen molar-refractivity contribution in [1.82, 2.24) is 4.90 Å². The molecule has 0 spiro atoms. The summed E-state index contributed by atoms with van der Waals surface area (Å²) < 4.78 is 0. The summed E-state index contributed by atoms with van der Waals surface area (Å²) in [6.07, 6.45) is 21.5. The van der Waals surface area contributed by atoms with E-state index < -0.39 is 22.8 Å². The predicted octanol–water partition coefficient (Wildman–Crippen LogP) is 9.90. The van der Waals surface area contributed by atoms with Crippen LogP contribution in [-0.4, -0.2) is 40.5 Å². The minimum Gasteiger partial charge on any atom is -0.480 e. The molecule has 238 valence electrons. The molecule has 0 saturated heterocycles. The number of hydrogen-bond donors (Lipinski definition) is 2. The summed E-state index contributed by atoms with van der Waals surface area (Å²) in [6, 6.07) is 0. The van der Waals surface area contributed by atoms with Crippen LogP contribution in [0.4, 0.5) is 0 Å². The molecule has 0 bridgehead atoms. The van der Waals surface area contributed by atoms with Crippen LogP contribution in [0.5, 0.6) is 0 Å². The molecule has 0 aromatic rings. The van der Waals surface area contributed by atoms with Gasteiger partial charge in [-0.15, -0.1) is 0 Å². The second-order valence-corrected chi connectivity index (χ2v) is 12.5. The molecule has 0 aliphatic carbocycles. The Bertz CT molecular complexity index is 618. The van der Waals surface area contributed by atoms with Gasteiger partial charge in [-0.25, -0.2) is 0 Å². The summed E-state index contributed by atoms with van der Waals surface area (Å²) in [5, 5.41) is 11.6. The first kappa shape index (κ1) is 38.9. The highest BCUT2D eigenvalue weighted by Gasteiger charge is 2.62. The molecule has 0 saturated carbocycles. The van der Waals surface area contributed by atoms with E-state index in [1.807, 2.05) is 0 Å². The molecule has 0 fully saturated rings. The van der Waals surface area contributed by atoms with Crippen LogP contribution in [0.1, 0.15) is 183 Å². The number of amides is 1. The first-order valence-electron chi connectivity index (χ1n) is 17.6. The molecule has 2 atom stereocenters. The first-order chi connectivity index (χ1) is 19.3. The molecule has 5 heteroatoms. The summed E-state index contributed by atoms with van der Waals surface area (Å²) in [4.78, 5) is 30.0. The van der Waals surface area contributed by atoms with E-state index in [0.717, 1.165) is 142 Å². The van der Waals surface area contributed by atoms with Gasteiger partial charge in [-0.05, 0) is 51.6 Å². The Morgan fingerprint density at radius 3 is 1.35 bits per heavy atom. The van der Waals surface area contributed by atoms with E-state index >= 15 is 0 Å².